The second-order valence-electron chi connectivity index (χ2n) is 6.05. The molecule has 2 N–H and O–H groups in total. The fourth-order valence-electron chi connectivity index (χ4n) is 2.39. The number of carbonyl (C=O) groups is 1. The molecule has 0 aliphatic heterocycles. The molecule has 2 rings (SSSR count). The van der Waals surface area contributed by atoms with Crippen LogP contribution in [0.4, 0.5) is 5.69 Å². The Morgan fingerprint density at radius 1 is 1.07 bits per heavy atom. The molecule has 2 aromatic rings. The largest absolute Gasteiger partial charge is 0.493 e. The van der Waals surface area contributed by atoms with Crippen molar-refractivity contribution in [2.45, 2.75) is 31.7 Å². The lowest BCUT2D eigenvalue weighted by Crippen LogP contribution is -2.30. The number of hydrogen-bond donors (Lipinski definition) is 2. The van der Waals surface area contributed by atoms with Crippen LogP contribution in [-0.4, -0.2) is 34.1 Å². The van der Waals surface area contributed by atoms with E-state index >= 15 is 0 Å². The predicted molar refractivity (Wildman–Crippen MR) is 104 cm³/mol. The molecule has 7 nitrogen and oxygen atoms in total. The molecule has 0 aliphatic carbocycles. The summed E-state index contributed by atoms with van der Waals surface area (Å²) in [6.45, 7) is 5.78. The Morgan fingerprint density at radius 2 is 1.74 bits per heavy atom. The molecule has 0 saturated carbocycles. The zero-order valence-corrected chi connectivity index (χ0v) is 16.6. The summed E-state index contributed by atoms with van der Waals surface area (Å²) in [6.07, 6.45) is 0. The average Bonchev–Trinajstić information content (AvgIpc) is 2.61. The van der Waals surface area contributed by atoms with Gasteiger partial charge >= 0.3 is 0 Å². The normalized spacial score (nSPS) is 11.3. The fraction of sp³-hybridized carbons (Fsp3) is 0.316. The van der Waals surface area contributed by atoms with Gasteiger partial charge in [0.1, 0.15) is 0 Å². The molecule has 0 unspecified atom stereocenters. The summed E-state index contributed by atoms with van der Waals surface area (Å²) in [5.74, 6) is 0.684. The van der Waals surface area contributed by atoms with Gasteiger partial charge in [0.25, 0.3) is 5.91 Å². The Hall–Kier alpha value is -2.58. The van der Waals surface area contributed by atoms with Crippen LogP contribution < -0.4 is 19.5 Å². The molecule has 0 fully saturated rings. The lowest BCUT2D eigenvalue weighted by atomic mass is 10.2. The summed E-state index contributed by atoms with van der Waals surface area (Å²) >= 11 is 0. The van der Waals surface area contributed by atoms with E-state index in [-0.39, 0.29) is 16.8 Å². The SMILES string of the molecule is CCOc1cc(C(=O)Nc2ccc(S(=O)(=O)NC(C)C)cc2)ccc1OC. The van der Waals surface area contributed by atoms with Gasteiger partial charge in [0.15, 0.2) is 11.5 Å². The van der Waals surface area contributed by atoms with Gasteiger partial charge in [0.05, 0.1) is 18.6 Å². The summed E-state index contributed by atoms with van der Waals surface area (Å²) in [6, 6.07) is 10.7. The number of rotatable bonds is 8. The topological polar surface area (TPSA) is 93.7 Å². The Labute approximate surface area is 159 Å². The molecule has 0 bridgehead atoms. The van der Waals surface area contributed by atoms with Crippen molar-refractivity contribution in [1.82, 2.24) is 4.72 Å². The van der Waals surface area contributed by atoms with E-state index in [0.29, 0.717) is 29.4 Å². The predicted octanol–water partition coefficient (Wildman–Crippen LogP) is 3.03. The van der Waals surface area contributed by atoms with Crippen molar-refractivity contribution >= 4 is 21.6 Å². The number of anilines is 1. The quantitative estimate of drug-likeness (QED) is 0.720. The number of ether oxygens (including phenoxy) is 2. The second-order valence-corrected chi connectivity index (χ2v) is 7.77. The number of sulfonamides is 1. The van der Waals surface area contributed by atoms with Crippen molar-refractivity contribution in [2.75, 3.05) is 19.0 Å². The molecule has 0 aliphatic rings. The Morgan fingerprint density at radius 3 is 2.30 bits per heavy atom. The minimum Gasteiger partial charge on any atom is -0.493 e. The van der Waals surface area contributed by atoms with Gasteiger partial charge in [-0.2, -0.15) is 0 Å². The van der Waals surface area contributed by atoms with Gasteiger partial charge in [-0.15, -0.1) is 0 Å². The standard InChI is InChI=1S/C19H24N2O5S/c1-5-26-18-12-14(6-11-17(18)25-4)19(22)20-15-7-9-16(10-8-15)27(23,24)21-13(2)3/h6-13,21H,5H2,1-4H3,(H,20,22). The first-order valence-electron chi connectivity index (χ1n) is 8.51. The van der Waals surface area contributed by atoms with Crippen molar-refractivity contribution in [3.63, 3.8) is 0 Å². The maximum atomic E-state index is 12.5. The maximum Gasteiger partial charge on any atom is 0.255 e. The van der Waals surface area contributed by atoms with Crippen LogP contribution in [0.5, 0.6) is 11.5 Å². The van der Waals surface area contributed by atoms with E-state index in [1.165, 1.54) is 19.2 Å². The third-order valence-electron chi connectivity index (χ3n) is 3.54. The van der Waals surface area contributed by atoms with Gasteiger partial charge in [-0.1, -0.05) is 0 Å². The number of benzene rings is 2. The van der Waals surface area contributed by atoms with Crippen molar-refractivity contribution in [3.05, 3.63) is 48.0 Å². The van der Waals surface area contributed by atoms with E-state index in [0.717, 1.165) is 0 Å². The number of methoxy groups -OCH3 is 1. The van der Waals surface area contributed by atoms with Gasteiger partial charge in [-0.25, -0.2) is 13.1 Å². The van der Waals surface area contributed by atoms with Gasteiger partial charge in [0, 0.05) is 17.3 Å². The highest BCUT2D eigenvalue weighted by Crippen LogP contribution is 2.28. The molecule has 2 aromatic carbocycles. The van der Waals surface area contributed by atoms with Gasteiger partial charge in [-0.05, 0) is 63.2 Å². The summed E-state index contributed by atoms with van der Waals surface area (Å²) < 4.78 is 37.5. The number of hydrogen-bond acceptors (Lipinski definition) is 5. The molecule has 0 spiro atoms. The zero-order valence-electron chi connectivity index (χ0n) is 15.8. The molecule has 8 heteroatoms. The molecular formula is C19H24N2O5S. The molecule has 0 saturated heterocycles. The summed E-state index contributed by atoms with van der Waals surface area (Å²) in [4.78, 5) is 12.6. The van der Waals surface area contributed by atoms with Crippen molar-refractivity contribution < 1.29 is 22.7 Å². The van der Waals surface area contributed by atoms with Gasteiger partial charge in [0.2, 0.25) is 10.0 Å². The minimum atomic E-state index is -3.57. The van der Waals surface area contributed by atoms with Crippen LogP contribution >= 0.6 is 0 Å². The third-order valence-corrected chi connectivity index (χ3v) is 5.21. The van der Waals surface area contributed by atoms with E-state index in [1.807, 2.05) is 6.92 Å². The lowest BCUT2D eigenvalue weighted by molar-refractivity contribution is 0.102. The number of amides is 1. The summed E-state index contributed by atoms with van der Waals surface area (Å²) in [5, 5.41) is 2.73. The van der Waals surface area contributed by atoms with Crippen molar-refractivity contribution in [1.29, 1.82) is 0 Å². The number of carbonyl (C=O) groups excluding carboxylic acids is 1. The zero-order chi connectivity index (χ0) is 20.0. The fourth-order valence-corrected chi connectivity index (χ4v) is 3.64. The van der Waals surface area contributed by atoms with Crippen LogP contribution in [0.25, 0.3) is 0 Å². The maximum absolute atomic E-state index is 12.5. The van der Waals surface area contributed by atoms with Crippen LogP contribution in [0.2, 0.25) is 0 Å². The molecule has 0 radical (unpaired) electrons. The Bertz CT molecular complexity index is 893. The minimum absolute atomic E-state index is 0.136. The van der Waals surface area contributed by atoms with Crippen LogP contribution in [-0.2, 0) is 10.0 Å². The molecule has 0 atom stereocenters. The van der Waals surface area contributed by atoms with Crippen LogP contribution in [0.1, 0.15) is 31.1 Å². The monoisotopic (exact) mass is 392 g/mol. The van der Waals surface area contributed by atoms with E-state index in [2.05, 4.69) is 10.0 Å². The lowest BCUT2D eigenvalue weighted by Gasteiger charge is -2.12. The van der Waals surface area contributed by atoms with Gasteiger partial charge in [-0.3, -0.25) is 4.79 Å². The summed E-state index contributed by atoms with van der Waals surface area (Å²) in [5.41, 5.74) is 0.884. The van der Waals surface area contributed by atoms with E-state index in [1.54, 1.807) is 44.2 Å². The molecule has 0 heterocycles. The summed E-state index contributed by atoms with van der Waals surface area (Å²) in [7, 11) is -2.04. The number of nitrogens with one attached hydrogen (secondary N) is 2. The smallest absolute Gasteiger partial charge is 0.255 e. The first kappa shape index (κ1) is 20.7. The second kappa shape index (κ2) is 8.88. The first-order chi connectivity index (χ1) is 12.8. The van der Waals surface area contributed by atoms with Crippen LogP contribution in [0.15, 0.2) is 47.4 Å². The van der Waals surface area contributed by atoms with Gasteiger partial charge < -0.3 is 14.8 Å². The highest BCUT2D eigenvalue weighted by atomic mass is 32.2. The van der Waals surface area contributed by atoms with Crippen LogP contribution in [0, 0.1) is 0 Å². The van der Waals surface area contributed by atoms with E-state index < -0.39 is 10.0 Å². The molecular weight excluding hydrogens is 368 g/mol. The molecule has 27 heavy (non-hydrogen) atoms. The first-order valence-corrected chi connectivity index (χ1v) is 9.99. The third kappa shape index (κ3) is 5.45. The van der Waals surface area contributed by atoms with E-state index in [9.17, 15) is 13.2 Å². The highest BCUT2D eigenvalue weighted by Gasteiger charge is 2.16. The molecule has 0 aromatic heterocycles. The van der Waals surface area contributed by atoms with Crippen LogP contribution in [0.3, 0.4) is 0 Å². The highest BCUT2D eigenvalue weighted by molar-refractivity contribution is 7.89. The van der Waals surface area contributed by atoms with Crippen molar-refractivity contribution in [3.8, 4) is 11.5 Å². The Kier molecular flexibility index (Phi) is 6.81. The molecule has 146 valence electrons. The molecule has 1 amide bonds. The Balaban J connectivity index is 2.15. The van der Waals surface area contributed by atoms with E-state index in [4.69, 9.17) is 9.47 Å². The van der Waals surface area contributed by atoms with Crippen molar-refractivity contribution in [2.24, 2.45) is 0 Å². The average molecular weight is 392 g/mol.